The molecule has 0 unspecified atom stereocenters. The van der Waals surface area contributed by atoms with Gasteiger partial charge in [0.05, 0.1) is 13.7 Å². The molecule has 1 heterocycles. The van der Waals surface area contributed by atoms with Gasteiger partial charge in [-0.05, 0) is 52.9 Å². The first-order valence-corrected chi connectivity index (χ1v) is 10.5. The number of benzene rings is 3. The summed E-state index contributed by atoms with van der Waals surface area (Å²) in [5, 5.41) is 0. The molecular weight excluding hydrogens is 402 g/mol. The van der Waals surface area contributed by atoms with Crippen LogP contribution in [0.25, 0.3) is 17.2 Å². The zero-order valence-corrected chi connectivity index (χ0v) is 18.4. The van der Waals surface area contributed by atoms with Gasteiger partial charge in [-0.15, -0.1) is 0 Å². The zero-order chi connectivity index (χ0) is 22.5. The monoisotopic (exact) mass is 427 g/mol. The van der Waals surface area contributed by atoms with Gasteiger partial charge in [0, 0.05) is 5.56 Å². The lowest BCUT2D eigenvalue weighted by molar-refractivity contribution is -0.129. The van der Waals surface area contributed by atoms with Gasteiger partial charge in [-0.2, -0.15) is 0 Å². The van der Waals surface area contributed by atoms with Crippen molar-refractivity contribution < 1.29 is 19.0 Å². The molecule has 1 aliphatic rings. The van der Waals surface area contributed by atoms with Crippen molar-refractivity contribution in [2.45, 2.75) is 13.8 Å². The van der Waals surface area contributed by atoms with Crippen LogP contribution in [-0.4, -0.2) is 25.6 Å². The van der Waals surface area contributed by atoms with Crippen molar-refractivity contribution in [3.8, 4) is 22.6 Å². The van der Waals surface area contributed by atoms with Crippen molar-refractivity contribution in [2.75, 3.05) is 13.7 Å². The zero-order valence-electron chi connectivity index (χ0n) is 18.4. The van der Waals surface area contributed by atoms with E-state index in [-0.39, 0.29) is 5.70 Å². The fourth-order valence-corrected chi connectivity index (χ4v) is 3.28. The van der Waals surface area contributed by atoms with Crippen LogP contribution in [0, 0.1) is 5.92 Å². The van der Waals surface area contributed by atoms with E-state index in [9.17, 15) is 4.79 Å². The smallest absolute Gasteiger partial charge is 0.363 e. The number of hydrogen-bond acceptors (Lipinski definition) is 5. The van der Waals surface area contributed by atoms with Gasteiger partial charge < -0.3 is 14.2 Å². The van der Waals surface area contributed by atoms with Crippen molar-refractivity contribution in [1.82, 2.24) is 0 Å². The quantitative estimate of drug-likeness (QED) is 0.356. The Balaban J connectivity index is 1.55. The molecule has 0 bridgehead atoms. The molecule has 0 amide bonds. The average molecular weight is 428 g/mol. The number of hydrogen-bond donors (Lipinski definition) is 0. The Morgan fingerprint density at radius 2 is 1.59 bits per heavy atom. The summed E-state index contributed by atoms with van der Waals surface area (Å²) < 4.78 is 16.6. The molecule has 0 spiro atoms. The van der Waals surface area contributed by atoms with Crippen LogP contribution in [0.3, 0.4) is 0 Å². The Hall–Kier alpha value is -3.86. The van der Waals surface area contributed by atoms with E-state index >= 15 is 0 Å². The first-order valence-electron chi connectivity index (χ1n) is 10.5. The highest BCUT2D eigenvalue weighted by molar-refractivity contribution is 6.13. The Bertz CT molecular complexity index is 1160. The molecule has 4 rings (SSSR count). The van der Waals surface area contributed by atoms with Gasteiger partial charge in [-0.3, -0.25) is 0 Å². The normalized spacial score (nSPS) is 14.4. The summed E-state index contributed by atoms with van der Waals surface area (Å²) in [4.78, 5) is 16.8. The van der Waals surface area contributed by atoms with Gasteiger partial charge in [0.25, 0.3) is 0 Å². The lowest BCUT2D eigenvalue weighted by Gasteiger charge is -2.12. The molecule has 0 aliphatic carbocycles. The highest BCUT2D eigenvalue weighted by Gasteiger charge is 2.24. The molecule has 5 nitrogen and oxygen atoms in total. The number of aliphatic imine (C=N–C) groups is 1. The topological polar surface area (TPSA) is 57.1 Å². The highest BCUT2D eigenvalue weighted by Crippen LogP contribution is 2.30. The molecule has 0 fully saturated rings. The largest absolute Gasteiger partial charge is 0.493 e. The first kappa shape index (κ1) is 21.4. The molecule has 32 heavy (non-hydrogen) atoms. The molecule has 3 aromatic carbocycles. The molecule has 0 N–H and O–H groups in total. The minimum atomic E-state index is -0.480. The Morgan fingerprint density at radius 3 is 2.28 bits per heavy atom. The molecule has 3 aromatic rings. The summed E-state index contributed by atoms with van der Waals surface area (Å²) in [7, 11) is 1.59. The van der Waals surface area contributed by atoms with Gasteiger partial charge in [0.1, 0.15) is 0 Å². The van der Waals surface area contributed by atoms with Gasteiger partial charge in [0.2, 0.25) is 5.90 Å². The second kappa shape index (κ2) is 9.52. The summed E-state index contributed by atoms with van der Waals surface area (Å²) in [5.74, 6) is 1.49. The van der Waals surface area contributed by atoms with E-state index in [2.05, 4.69) is 31.0 Å². The fraction of sp³-hybridized carbons (Fsp3) is 0.185. The SMILES string of the molecule is COc1cc(/C=C2\N=C(c3ccc(-c4ccccc4)cc3)OC2=O)ccc1OCC(C)C. The minimum Gasteiger partial charge on any atom is -0.493 e. The number of cyclic esters (lactones) is 1. The van der Waals surface area contributed by atoms with Crippen LogP contribution in [-0.2, 0) is 9.53 Å². The van der Waals surface area contributed by atoms with E-state index < -0.39 is 5.97 Å². The van der Waals surface area contributed by atoms with Crippen LogP contribution in [0.5, 0.6) is 11.5 Å². The predicted molar refractivity (Wildman–Crippen MR) is 126 cm³/mol. The van der Waals surface area contributed by atoms with Crippen molar-refractivity contribution >= 4 is 17.9 Å². The molecule has 5 heteroatoms. The number of ether oxygens (including phenoxy) is 3. The fourth-order valence-electron chi connectivity index (χ4n) is 3.28. The molecule has 0 saturated carbocycles. The summed E-state index contributed by atoms with van der Waals surface area (Å²) >= 11 is 0. The highest BCUT2D eigenvalue weighted by atomic mass is 16.6. The van der Waals surface area contributed by atoms with Crippen molar-refractivity contribution in [2.24, 2.45) is 10.9 Å². The van der Waals surface area contributed by atoms with E-state index in [1.807, 2.05) is 60.7 Å². The third-order valence-electron chi connectivity index (χ3n) is 4.92. The van der Waals surface area contributed by atoms with Crippen LogP contribution in [0.1, 0.15) is 25.0 Å². The summed E-state index contributed by atoms with van der Waals surface area (Å²) in [6.45, 7) is 4.77. The molecule has 0 radical (unpaired) electrons. The number of esters is 1. The Labute approximate surface area is 188 Å². The lowest BCUT2D eigenvalue weighted by atomic mass is 10.0. The Kier molecular flexibility index (Phi) is 6.36. The molecule has 162 valence electrons. The van der Waals surface area contributed by atoms with Gasteiger partial charge >= 0.3 is 5.97 Å². The van der Waals surface area contributed by atoms with Crippen LogP contribution < -0.4 is 9.47 Å². The van der Waals surface area contributed by atoms with Gasteiger partial charge in [-0.1, -0.05) is 62.4 Å². The van der Waals surface area contributed by atoms with E-state index in [0.717, 1.165) is 22.3 Å². The Morgan fingerprint density at radius 1 is 0.906 bits per heavy atom. The standard InChI is InChI=1S/C27H25NO4/c1-18(2)17-31-24-14-9-19(16-25(24)30-3)15-23-27(29)32-26(28-23)22-12-10-21(11-13-22)20-7-5-4-6-8-20/h4-16,18H,17H2,1-3H3/b23-15-. The van der Waals surface area contributed by atoms with Gasteiger partial charge in [0.15, 0.2) is 17.2 Å². The predicted octanol–water partition coefficient (Wildman–Crippen LogP) is 5.74. The minimum absolute atomic E-state index is 0.241. The van der Waals surface area contributed by atoms with Crippen LogP contribution in [0.15, 0.2) is 83.5 Å². The van der Waals surface area contributed by atoms with Crippen LogP contribution in [0.2, 0.25) is 0 Å². The van der Waals surface area contributed by atoms with Crippen molar-refractivity contribution in [3.05, 3.63) is 89.6 Å². The van der Waals surface area contributed by atoms with E-state index in [1.54, 1.807) is 13.2 Å². The first-order chi connectivity index (χ1) is 15.5. The van der Waals surface area contributed by atoms with E-state index in [0.29, 0.717) is 29.9 Å². The summed E-state index contributed by atoms with van der Waals surface area (Å²) in [5.41, 5.74) is 3.97. The second-order valence-corrected chi connectivity index (χ2v) is 7.89. The second-order valence-electron chi connectivity index (χ2n) is 7.89. The number of nitrogens with zero attached hydrogens (tertiary/aromatic N) is 1. The molecule has 0 saturated heterocycles. The van der Waals surface area contributed by atoms with Crippen LogP contribution >= 0.6 is 0 Å². The third-order valence-corrected chi connectivity index (χ3v) is 4.92. The molecule has 0 atom stereocenters. The number of methoxy groups -OCH3 is 1. The number of carbonyl (C=O) groups is 1. The maximum Gasteiger partial charge on any atom is 0.363 e. The van der Waals surface area contributed by atoms with Crippen molar-refractivity contribution in [3.63, 3.8) is 0 Å². The molecular formula is C27H25NO4. The maximum absolute atomic E-state index is 12.4. The van der Waals surface area contributed by atoms with Gasteiger partial charge in [-0.25, -0.2) is 9.79 Å². The van der Waals surface area contributed by atoms with E-state index in [1.165, 1.54) is 0 Å². The van der Waals surface area contributed by atoms with Crippen LogP contribution in [0.4, 0.5) is 0 Å². The number of rotatable bonds is 7. The molecule has 0 aromatic heterocycles. The van der Waals surface area contributed by atoms with E-state index in [4.69, 9.17) is 14.2 Å². The summed E-state index contributed by atoms with van der Waals surface area (Å²) in [6.07, 6.45) is 1.68. The maximum atomic E-state index is 12.4. The summed E-state index contributed by atoms with van der Waals surface area (Å²) in [6, 6.07) is 23.4. The third kappa shape index (κ3) is 4.89. The average Bonchev–Trinajstić information content (AvgIpc) is 3.18. The lowest BCUT2D eigenvalue weighted by Crippen LogP contribution is -2.05. The van der Waals surface area contributed by atoms with Crippen molar-refractivity contribution in [1.29, 1.82) is 0 Å². The number of carbonyl (C=O) groups excluding carboxylic acids is 1. The molecule has 1 aliphatic heterocycles.